The molecule has 5 N–H and O–H groups in total. The molecule has 0 aromatic rings. The summed E-state index contributed by atoms with van der Waals surface area (Å²) in [6.07, 6.45) is 1.42. The normalized spacial score (nSPS) is 7.83. The van der Waals surface area contributed by atoms with Gasteiger partial charge in [0.1, 0.15) is 0 Å². The summed E-state index contributed by atoms with van der Waals surface area (Å²) in [5.41, 5.74) is 0. The summed E-state index contributed by atoms with van der Waals surface area (Å²) in [6, 6.07) is 0. The second-order valence-electron chi connectivity index (χ2n) is 4.05. The van der Waals surface area contributed by atoms with Crippen LogP contribution in [0, 0.1) is 0 Å². The van der Waals surface area contributed by atoms with E-state index in [4.69, 9.17) is 10.2 Å². The molecule has 0 amide bonds. The first-order valence-electron chi connectivity index (χ1n) is 6.09. The second kappa shape index (κ2) is 27.3. The van der Waals surface area contributed by atoms with Gasteiger partial charge in [0.2, 0.25) is 0 Å². The summed E-state index contributed by atoms with van der Waals surface area (Å²) < 4.78 is 4.49. The topological polar surface area (TPSA) is 153 Å². The Morgan fingerprint density at radius 3 is 1.08 bits per heavy atom. The fourth-order valence-electron chi connectivity index (χ4n) is 1.32. The van der Waals surface area contributed by atoms with Crippen LogP contribution < -0.4 is 6.15 Å². The van der Waals surface area contributed by atoms with Crippen LogP contribution in [0.15, 0.2) is 0 Å². The number of carbonyl (C=O) groups excluding carboxylic acids is 2. The summed E-state index contributed by atoms with van der Waals surface area (Å²) in [4.78, 5) is 42.7. The molecule has 0 bridgehead atoms. The first-order valence-corrected chi connectivity index (χ1v) is 6.09. The molecular formula is C12H25NNa4O7. The summed E-state index contributed by atoms with van der Waals surface area (Å²) in [5.74, 6) is -3.20. The molecule has 0 aliphatic heterocycles. The van der Waals surface area contributed by atoms with Gasteiger partial charge in [-0.15, -0.1) is 0 Å². The molecule has 8 nitrogen and oxygen atoms in total. The molecule has 0 aromatic heterocycles. The summed E-state index contributed by atoms with van der Waals surface area (Å²) in [5, 5.41) is 16.7. The van der Waals surface area contributed by atoms with Crippen molar-refractivity contribution >= 4 is 142 Å². The number of carboxylic acids is 2. The fourth-order valence-corrected chi connectivity index (χ4v) is 1.32. The molecule has 12 heteroatoms. The van der Waals surface area contributed by atoms with Crippen molar-refractivity contribution in [2.45, 2.75) is 51.4 Å². The van der Waals surface area contributed by atoms with E-state index in [1.807, 2.05) is 0 Å². The Morgan fingerprint density at radius 1 is 0.583 bits per heavy atom. The number of carbonyl (C=O) groups is 4. The van der Waals surface area contributed by atoms with Gasteiger partial charge < -0.3 is 21.1 Å². The second-order valence-corrected chi connectivity index (χ2v) is 4.05. The van der Waals surface area contributed by atoms with Gasteiger partial charge in [-0.3, -0.25) is 19.2 Å². The van der Waals surface area contributed by atoms with E-state index in [1.165, 1.54) is 0 Å². The third-order valence-electron chi connectivity index (χ3n) is 2.27. The number of rotatable bonds is 10. The molecule has 0 fully saturated rings. The van der Waals surface area contributed by atoms with Crippen molar-refractivity contribution < 1.29 is 34.1 Å². The van der Waals surface area contributed by atoms with E-state index >= 15 is 0 Å². The summed E-state index contributed by atoms with van der Waals surface area (Å²) in [6.45, 7) is 0. The quantitative estimate of drug-likeness (QED) is 0.185. The molecule has 0 heterocycles. The standard InChI is InChI=1S/C12H18O7.H3N.4Na.4H/c13-9(14)5-1-3-7-11(17)19-12(18)8-4-2-6-10(15)16;;;;;;;;;/h1-8H2,(H,13,14)(H,15,16);1H3;;;;;;;;. The number of carboxylic acid groups (broad SMARTS) is 2. The summed E-state index contributed by atoms with van der Waals surface area (Å²) >= 11 is 0. The van der Waals surface area contributed by atoms with Crippen LogP contribution in [0.5, 0.6) is 0 Å². The molecule has 0 saturated carbocycles. The van der Waals surface area contributed by atoms with Crippen LogP contribution in [0.3, 0.4) is 0 Å². The average Bonchev–Trinajstić information content (AvgIpc) is 2.30. The monoisotopic (exact) mass is 387 g/mol. The maximum atomic E-state index is 11.2. The maximum absolute atomic E-state index is 11.2. The molecule has 0 aliphatic carbocycles. The van der Waals surface area contributed by atoms with Crippen LogP contribution in [0.1, 0.15) is 51.4 Å². The molecular weight excluding hydrogens is 362 g/mol. The molecule has 124 valence electrons. The fraction of sp³-hybridized carbons (Fsp3) is 0.667. The Labute approximate surface area is 230 Å². The number of aliphatic carboxylic acids is 2. The predicted octanol–water partition coefficient (Wildman–Crippen LogP) is -1.09. The van der Waals surface area contributed by atoms with Crippen molar-refractivity contribution in [3.8, 4) is 0 Å². The zero-order chi connectivity index (χ0) is 14.7. The molecule has 24 heavy (non-hydrogen) atoms. The van der Waals surface area contributed by atoms with Crippen molar-refractivity contribution in [1.82, 2.24) is 6.15 Å². The van der Waals surface area contributed by atoms with E-state index in [0.29, 0.717) is 25.7 Å². The zero-order valence-electron chi connectivity index (χ0n) is 11.3. The first-order chi connectivity index (χ1) is 8.91. The molecule has 0 spiro atoms. The van der Waals surface area contributed by atoms with Crippen molar-refractivity contribution in [3.05, 3.63) is 0 Å². The first kappa shape index (κ1) is 40.7. The van der Waals surface area contributed by atoms with Crippen molar-refractivity contribution in [2.75, 3.05) is 0 Å². The van der Waals surface area contributed by atoms with Crippen LogP contribution in [-0.4, -0.2) is 152 Å². The van der Waals surface area contributed by atoms with Crippen LogP contribution in [0.25, 0.3) is 0 Å². The van der Waals surface area contributed by atoms with E-state index in [9.17, 15) is 19.2 Å². The number of hydrogen-bond acceptors (Lipinski definition) is 6. The average molecular weight is 387 g/mol. The van der Waals surface area contributed by atoms with Crippen LogP contribution in [0.4, 0.5) is 0 Å². The van der Waals surface area contributed by atoms with Gasteiger partial charge in [-0.2, -0.15) is 0 Å². The summed E-state index contributed by atoms with van der Waals surface area (Å²) in [7, 11) is 0. The van der Waals surface area contributed by atoms with Gasteiger partial charge in [0.05, 0.1) is 0 Å². The molecule has 0 aromatic carbocycles. The van der Waals surface area contributed by atoms with Gasteiger partial charge in [-0.1, -0.05) is 0 Å². The number of esters is 2. The predicted molar refractivity (Wildman–Crippen MR) is 96.9 cm³/mol. The number of ether oxygens (including phenoxy) is 1. The van der Waals surface area contributed by atoms with E-state index in [-0.39, 0.29) is 150 Å². The number of hydrogen-bond donors (Lipinski definition) is 3. The Balaban J connectivity index is -0.000000162. The minimum atomic E-state index is -0.928. The molecule has 0 rings (SSSR count). The van der Waals surface area contributed by atoms with Gasteiger partial charge >= 0.3 is 142 Å². The van der Waals surface area contributed by atoms with E-state index in [2.05, 4.69) is 4.74 Å². The van der Waals surface area contributed by atoms with Crippen LogP contribution in [0.2, 0.25) is 0 Å². The van der Waals surface area contributed by atoms with E-state index in [1.54, 1.807) is 0 Å². The third-order valence-corrected chi connectivity index (χ3v) is 2.27. The molecule has 0 atom stereocenters. The molecule has 0 saturated heterocycles. The van der Waals surface area contributed by atoms with Crippen molar-refractivity contribution in [3.63, 3.8) is 0 Å². The molecule has 0 radical (unpaired) electrons. The Hall–Kier alpha value is 2.04. The molecule has 0 unspecified atom stereocenters. The Kier molecular flexibility index (Phi) is 46.2. The van der Waals surface area contributed by atoms with Crippen LogP contribution in [-0.2, 0) is 23.9 Å². The van der Waals surface area contributed by atoms with Crippen LogP contribution >= 0.6 is 0 Å². The van der Waals surface area contributed by atoms with Gasteiger partial charge in [0, 0.05) is 25.7 Å². The SMILES string of the molecule is N.O=C(O)CCCCC(=O)OC(=O)CCCCC(=O)O.[NaH].[NaH].[NaH].[NaH]. The van der Waals surface area contributed by atoms with Gasteiger partial charge in [0.25, 0.3) is 0 Å². The minimum absolute atomic E-state index is 0. The van der Waals surface area contributed by atoms with Gasteiger partial charge in [-0.25, -0.2) is 0 Å². The number of unbranched alkanes of at least 4 members (excludes halogenated alkanes) is 2. The van der Waals surface area contributed by atoms with Gasteiger partial charge in [-0.05, 0) is 25.7 Å². The van der Waals surface area contributed by atoms with Crippen molar-refractivity contribution in [2.24, 2.45) is 0 Å². The Morgan fingerprint density at radius 2 is 0.833 bits per heavy atom. The van der Waals surface area contributed by atoms with E-state index in [0.717, 1.165) is 0 Å². The molecule has 0 aliphatic rings. The van der Waals surface area contributed by atoms with E-state index < -0.39 is 23.9 Å². The van der Waals surface area contributed by atoms with Gasteiger partial charge in [0.15, 0.2) is 0 Å². The Bertz CT molecular complexity index is 324. The zero-order valence-corrected chi connectivity index (χ0v) is 11.3. The third kappa shape index (κ3) is 31.8. The van der Waals surface area contributed by atoms with Crippen molar-refractivity contribution in [1.29, 1.82) is 0 Å².